The zero-order chi connectivity index (χ0) is 11.3. The lowest BCUT2D eigenvalue weighted by molar-refractivity contribution is 0.0995. The molecule has 0 aliphatic carbocycles. The lowest BCUT2D eigenvalue weighted by Crippen LogP contribution is -2.22. The average Bonchev–Trinajstić information content (AvgIpc) is 2.26. The summed E-state index contributed by atoms with van der Waals surface area (Å²) < 4.78 is 0. The van der Waals surface area contributed by atoms with Gasteiger partial charge in [0.15, 0.2) is 0 Å². The van der Waals surface area contributed by atoms with E-state index < -0.39 is 5.91 Å². The van der Waals surface area contributed by atoms with Gasteiger partial charge in [0.1, 0.15) is 11.5 Å². The highest BCUT2D eigenvalue weighted by molar-refractivity contribution is 5.90. The van der Waals surface area contributed by atoms with Crippen LogP contribution in [0, 0.1) is 0 Å². The van der Waals surface area contributed by atoms with E-state index in [1.165, 1.54) is 6.20 Å². The summed E-state index contributed by atoms with van der Waals surface area (Å²) >= 11 is 0. The number of nitrogens with two attached hydrogens (primary N) is 1. The highest BCUT2D eigenvalue weighted by Gasteiger charge is 2.06. The molecular formula is C10H16N4O. The van der Waals surface area contributed by atoms with Gasteiger partial charge in [-0.05, 0) is 6.42 Å². The Labute approximate surface area is 89.3 Å². The Morgan fingerprint density at radius 3 is 2.87 bits per heavy atom. The number of nitrogens with zero attached hydrogens (tertiary/aromatic N) is 3. The Kier molecular flexibility index (Phi) is 4.03. The van der Waals surface area contributed by atoms with Crippen LogP contribution < -0.4 is 10.6 Å². The molecule has 0 aliphatic rings. The molecule has 0 spiro atoms. The molecule has 1 aromatic rings. The Morgan fingerprint density at radius 2 is 2.27 bits per heavy atom. The van der Waals surface area contributed by atoms with Gasteiger partial charge < -0.3 is 10.6 Å². The zero-order valence-corrected chi connectivity index (χ0v) is 9.10. The summed E-state index contributed by atoms with van der Waals surface area (Å²) in [5.74, 6) is 0.132. The van der Waals surface area contributed by atoms with Crippen LogP contribution in [-0.2, 0) is 0 Å². The summed E-state index contributed by atoms with van der Waals surface area (Å²) in [6, 6.07) is 0. The highest BCUT2D eigenvalue weighted by Crippen LogP contribution is 2.08. The minimum absolute atomic E-state index is 0.204. The number of carbonyl (C=O) groups is 1. The summed E-state index contributed by atoms with van der Waals surface area (Å²) in [7, 11) is 1.92. The van der Waals surface area contributed by atoms with Gasteiger partial charge in [-0.2, -0.15) is 0 Å². The van der Waals surface area contributed by atoms with E-state index in [1.54, 1.807) is 6.20 Å². The molecule has 0 atom stereocenters. The first-order chi connectivity index (χ1) is 7.15. The van der Waals surface area contributed by atoms with Gasteiger partial charge in [-0.1, -0.05) is 13.3 Å². The summed E-state index contributed by atoms with van der Waals surface area (Å²) in [6.07, 6.45) is 5.20. The van der Waals surface area contributed by atoms with Crippen molar-refractivity contribution in [2.24, 2.45) is 5.73 Å². The van der Waals surface area contributed by atoms with Crippen molar-refractivity contribution in [1.29, 1.82) is 0 Å². The van der Waals surface area contributed by atoms with Gasteiger partial charge in [0.25, 0.3) is 5.91 Å². The second-order valence-corrected chi connectivity index (χ2v) is 3.40. The number of anilines is 1. The normalized spacial score (nSPS) is 10.0. The Bertz CT molecular complexity index is 340. The molecule has 0 aromatic carbocycles. The number of hydrogen-bond acceptors (Lipinski definition) is 4. The van der Waals surface area contributed by atoms with Crippen LogP contribution in [0.5, 0.6) is 0 Å². The van der Waals surface area contributed by atoms with E-state index in [9.17, 15) is 4.79 Å². The number of rotatable bonds is 5. The van der Waals surface area contributed by atoms with Crippen LogP contribution in [0.15, 0.2) is 12.4 Å². The monoisotopic (exact) mass is 208 g/mol. The lowest BCUT2D eigenvalue weighted by Gasteiger charge is -2.17. The van der Waals surface area contributed by atoms with E-state index in [0.717, 1.165) is 19.4 Å². The third kappa shape index (κ3) is 3.19. The van der Waals surface area contributed by atoms with Crippen molar-refractivity contribution in [2.75, 3.05) is 18.5 Å². The van der Waals surface area contributed by atoms with Crippen LogP contribution in [0.2, 0.25) is 0 Å². The maximum Gasteiger partial charge on any atom is 0.268 e. The second-order valence-electron chi connectivity index (χ2n) is 3.40. The van der Waals surface area contributed by atoms with E-state index in [4.69, 9.17) is 5.73 Å². The number of hydrogen-bond donors (Lipinski definition) is 1. The number of primary amides is 1. The largest absolute Gasteiger partial charge is 0.364 e. The Balaban J connectivity index is 2.76. The number of aromatic nitrogens is 2. The van der Waals surface area contributed by atoms with Crippen LogP contribution >= 0.6 is 0 Å². The van der Waals surface area contributed by atoms with Crippen LogP contribution in [0.4, 0.5) is 5.82 Å². The fourth-order valence-corrected chi connectivity index (χ4v) is 1.17. The molecule has 2 N–H and O–H groups in total. The Hall–Kier alpha value is -1.65. The Morgan fingerprint density at radius 1 is 1.53 bits per heavy atom. The van der Waals surface area contributed by atoms with Gasteiger partial charge in [-0.15, -0.1) is 0 Å². The fraction of sp³-hybridized carbons (Fsp3) is 0.500. The van der Waals surface area contributed by atoms with Crippen molar-refractivity contribution in [3.8, 4) is 0 Å². The molecule has 1 heterocycles. The molecule has 0 fully saturated rings. The SMILES string of the molecule is CCCCN(C)c1cncc(C(N)=O)n1. The lowest BCUT2D eigenvalue weighted by atomic mass is 10.3. The van der Waals surface area contributed by atoms with E-state index in [0.29, 0.717) is 5.82 Å². The number of carbonyl (C=O) groups excluding carboxylic acids is 1. The quantitative estimate of drug-likeness (QED) is 0.777. The molecule has 0 unspecified atom stereocenters. The first-order valence-electron chi connectivity index (χ1n) is 4.98. The molecule has 0 saturated carbocycles. The first-order valence-corrected chi connectivity index (χ1v) is 4.98. The molecule has 5 nitrogen and oxygen atoms in total. The molecule has 0 saturated heterocycles. The van der Waals surface area contributed by atoms with Crippen molar-refractivity contribution >= 4 is 11.7 Å². The molecule has 1 amide bonds. The van der Waals surface area contributed by atoms with Crippen molar-refractivity contribution in [3.63, 3.8) is 0 Å². The molecule has 0 bridgehead atoms. The molecule has 1 aromatic heterocycles. The van der Waals surface area contributed by atoms with Crippen molar-refractivity contribution in [1.82, 2.24) is 9.97 Å². The van der Waals surface area contributed by atoms with Crippen LogP contribution in [0.3, 0.4) is 0 Å². The highest BCUT2D eigenvalue weighted by atomic mass is 16.1. The third-order valence-electron chi connectivity index (χ3n) is 2.11. The standard InChI is InChI=1S/C10H16N4O/c1-3-4-5-14(2)9-7-12-6-8(13-9)10(11)15/h6-7H,3-5H2,1-2H3,(H2,11,15). The van der Waals surface area contributed by atoms with Gasteiger partial charge in [0.05, 0.1) is 12.4 Å². The number of amides is 1. The van der Waals surface area contributed by atoms with Gasteiger partial charge in [0.2, 0.25) is 0 Å². The molecule has 1 rings (SSSR count). The fourth-order valence-electron chi connectivity index (χ4n) is 1.17. The van der Waals surface area contributed by atoms with Gasteiger partial charge in [0, 0.05) is 13.6 Å². The minimum atomic E-state index is -0.548. The van der Waals surface area contributed by atoms with Crippen LogP contribution in [0.25, 0.3) is 0 Å². The molecule has 0 aliphatic heterocycles. The number of unbranched alkanes of at least 4 members (excludes halogenated alkanes) is 1. The van der Waals surface area contributed by atoms with E-state index in [-0.39, 0.29) is 5.69 Å². The zero-order valence-electron chi connectivity index (χ0n) is 9.10. The van der Waals surface area contributed by atoms with E-state index >= 15 is 0 Å². The predicted octanol–water partition coefficient (Wildman–Crippen LogP) is 0.812. The molecular weight excluding hydrogens is 192 g/mol. The first kappa shape index (κ1) is 11.4. The van der Waals surface area contributed by atoms with Crippen LogP contribution in [-0.4, -0.2) is 29.5 Å². The van der Waals surface area contributed by atoms with E-state index in [1.807, 2.05) is 11.9 Å². The van der Waals surface area contributed by atoms with Gasteiger partial charge >= 0.3 is 0 Å². The summed E-state index contributed by atoms with van der Waals surface area (Å²) in [5.41, 5.74) is 5.33. The average molecular weight is 208 g/mol. The smallest absolute Gasteiger partial charge is 0.268 e. The molecule has 5 heteroatoms. The summed E-state index contributed by atoms with van der Waals surface area (Å²) in [4.78, 5) is 20.9. The van der Waals surface area contributed by atoms with Crippen molar-refractivity contribution < 1.29 is 4.79 Å². The minimum Gasteiger partial charge on any atom is -0.364 e. The van der Waals surface area contributed by atoms with Crippen molar-refractivity contribution in [2.45, 2.75) is 19.8 Å². The van der Waals surface area contributed by atoms with Crippen LogP contribution in [0.1, 0.15) is 30.3 Å². The third-order valence-corrected chi connectivity index (χ3v) is 2.11. The molecule has 82 valence electrons. The second kappa shape index (κ2) is 5.29. The predicted molar refractivity (Wildman–Crippen MR) is 58.7 cm³/mol. The topological polar surface area (TPSA) is 72.1 Å². The maximum absolute atomic E-state index is 10.9. The van der Waals surface area contributed by atoms with E-state index in [2.05, 4.69) is 16.9 Å². The maximum atomic E-state index is 10.9. The summed E-state index contributed by atoms with van der Waals surface area (Å²) in [6.45, 7) is 3.02. The summed E-state index contributed by atoms with van der Waals surface area (Å²) in [5, 5.41) is 0. The van der Waals surface area contributed by atoms with Gasteiger partial charge in [-0.3, -0.25) is 9.78 Å². The molecule has 0 radical (unpaired) electrons. The van der Waals surface area contributed by atoms with Gasteiger partial charge in [-0.25, -0.2) is 4.98 Å². The molecule has 15 heavy (non-hydrogen) atoms. The van der Waals surface area contributed by atoms with Crippen molar-refractivity contribution in [3.05, 3.63) is 18.1 Å².